The zero-order valence-corrected chi connectivity index (χ0v) is 16.3. The molecule has 8 heteroatoms. The molecule has 7 nitrogen and oxygen atoms in total. The van der Waals surface area contributed by atoms with Crippen molar-refractivity contribution in [2.24, 2.45) is 0 Å². The molecule has 2 aliphatic rings. The lowest BCUT2D eigenvalue weighted by molar-refractivity contribution is 0.0740. The van der Waals surface area contributed by atoms with Crippen LogP contribution in [0.2, 0.25) is 5.02 Å². The number of nitrogens with one attached hydrogen (secondary N) is 1. The van der Waals surface area contributed by atoms with E-state index in [2.05, 4.69) is 26.6 Å². The van der Waals surface area contributed by atoms with Crippen LogP contribution in [0, 0.1) is 6.92 Å². The number of carbonyl (C=O) groups excluding carboxylic acids is 1. The Morgan fingerprint density at radius 3 is 2.63 bits per heavy atom. The first-order valence-electron chi connectivity index (χ1n) is 9.56. The molecular formula is C19H25ClN6O. The smallest absolute Gasteiger partial charge is 0.276 e. The van der Waals surface area contributed by atoms with Gasteiger partial charge in [-0.3, -0.25) is 4.79 Å². The van der Waals surface area contributed by atoms with E-state index in [1.54, 1.807) is 0 Å². The van der Waals surface area contributed by atoms with Crippen LogP contribution >= 0.6 is 11.6 Å². The Morgan fingerprint density at radius 2 is 1.93 bits per heavy atom. The van der Waals surface area contributed by atoms with Crippen LogP contribution in [-0.4, -0.2) is 65.1 Å². The van der Waals surface area contributed by atoms with Gasteiger partial charge in [0.25, 0.3) is 5.91 Å². The highest BCUT2D eigenvalue weighted by Crippen LogP contribution is 2.23. The Balaban J connectivity index is 1.41. The Kier molecular flexibility index (Phi) is 5.31. The van der Waals surface area contributed by atoms with Crippen LogP contribution in [0.15, 0.2) is 24.3 Å². The minimum absolute atomic E-state index is 0.0153. The first-order chi connectivity index (χ1) is 13.1. The molecule has 1 N–H and O–H groups in total. The lowest BCUT2D eigenvalue weighted by Gasteiger charge is -2.36. The van der Waals surface area contributed by atoms with E-state index in [1.165, 1.54) is 0 Å². The Labute approximate surface area is 164 Å². The van der Waals surface area contributed by atoms with Crippen molar-refractivity contribution in [2.75, 3.05) is 44.2 Å². The molecule has 0 saturated carbocycles. The molecule has 1 aromatic carbocycles. The Morgan fingerprint density at radius 1 is 1.19 bits per heavy atom. The molecule has 0 unspecified atom stereocenters. The number of nitrogens with zero attached hydrogens (tertiary/aromatic N) is 5. The van der Waals surface area contributed by atoms with E-state index in [-0.39, 0.29) is 5.91 Å². The number of piperazine rings is 1. The first-order valence-corrected chi connectivity index (χ1v) is 9.93. The summed E-state index contributed by atoms with van der Waals surface area (Å²) in [7, 11) is 0. The molecule has 0 radical (unpaired) electrons. The van der Waals surface area contributed by atoms with Gasteiger partial charge in [0, 0.05) is 36.9 Å². The van der Waals surface area contributed by atoms with Crippen molar-refractivity contribution in [3.05, 3.63) is 40.7 Å². The van der Waals surface area contributed by atoms with Gasteiger partial charge >= 0.3 is 0 Å². The highest BCUT2D eigenvalue weighted by Gasteiger charge is 2.28. The van der Waals surface area contributed by atoms with Crippen LogP contribution in [0.4, 0.5) is 5.69 Å². The summed E-state index contributed by atoms with van der Waals surface area (Å²) in [4.78, 5) is 17.1. The lowest BCUT2D eigenvalue weighted by atomic mass is 10.1. The van der Waals surface area contributed by atoms with Crippen molar-refractivity contribution in [3.8, 4) is 0 Å². The number of aromatic nitrogens is 3. The van der Waals surface area contributed by atoms with Crippen LogP contribution in [0.5, 0.6) is 0 Å². The summed E-state index contributed by atoms with van der Waals surface area (Å²) in [5.41, 5.74) is 2.47. The van der Waals surface area contributed by atoms with E-state index in [1.807, 2.05) is 34.7 Å². The van der Waals surface area contributed by atoms with Crippen molar-refractivity contribution < 1.29 is 4.79 Å². The van der Waals surface area contributed by atoms with Crippen molar-refractivity contribution in [3.63, 3.8) is 0 Å². The van der Waals surface area contributed by atoms with Gasteiger partial charge in [0.05, 0.1) is 11.7 Å². The molecule has 0 atom stereocenters. The molecule has 144 valence electrons. The van der Waals surface area contributed by atoms with Gasteiger partial charge in [-0.25, -0.2) is 4.68 Å². The van der Waals surface area contributed by atoms with Crippen molar-refractivity contribution in [2.45, 2.75) is 25.8 Å². The second-order valence-corrected chi connectivity index (χ2v) is 7.64. The molecule has 1 aromatic heterocycles. The molecule has 3 heterocycles. The standard InChI is InChI=1S/C19H25ClN6O/c1-14-18(22-23-26(14)16-5-7-21-8-6-16)19(27)25-11-9-24(10-12-25)17-4-2-3-15(20)13-17/h2-4,13,16,21H,5-12H2,1H3. The SMILES string of the molecule is Cc1c(C(=O)N2CCN(c3cccc(Cl)c3)CC2)nnn1C1CCNCC1. The third-order valence-electron chi connectivity index (χ3n) is 5.52. The fourth-order valence-electron chi connectivity index (χ4n) is 3.93. The maximum atomic E-state index is 13.0. The van der Waals surface area contributed by atoms with Gasteiger partial charge in [-0.15, -0.1) is 5.10 Å². The summed E-state index contributed by atoms with van der Waals surface area (Å²) >= 11 is 6.09. The van der Waals surface area contributed by atoms with Crippen LogP contribution in [0.3, 0.4) is 0 Å². The zero-order valence-electron chi connectivity index (χ0n) is 15.6. The average molecular weight is 389 g/mol. The number of carbonyl (C=O) groups is 1. The zero-order chi connectivity index (χ0) is 18.8. The number of piperidine rings is 1. The summed E-state index contributed by atoms with van der Waals surface area (Å²) < 4.78 is 1.94. The topological polar surface area (TPSA) is 66.3 Å². The molecule has 2 saturated heterocycles. The molecule has 0 aliphatic carbocycles. The highest BCUT2D eigenvalue weighted by molar-refractivity contribution is 6.30. The maximum absolute atomic E-state index is 13.0. The normalized spacial score (nSPS) is 18.7. The third kappa shape index (κ3) is 3.80. The lowest BCUT2D eigenvalue weighted by Crippen LogP contribution is -2.49. The van der Waals surface area contributed by atoms with Crippen molar-refractivity contribution in [1.29, 1.82) is 0 Å². The maximum Gasteiger partial charge on any atom is 0.276 e. The molecule has 2 fully saturated rings. The number of hydrogen-bond donors (Lipinski definition) is 1. The van der Waals surface area contributed by atoms with Crippen molar-refractivity contribution >= 4 is 23.2 Å². The van der Waals surface area contributed by atoms with Gasteiger partial charge in [0.15, 0.2) is 5.69 Å². The van der Waals surface area contributed by atoms with Crippen LogP contribution in [0.25, 0.3) is 0 Å². The number of hydrogen-bond acceptors (Lipinski definition) is 5. The quantitative estimate of drug-likeness (QED) is 0.872. The monoisotopic (exact) mass is 388 g/mol. The predicted molar refractivity (Wildman–Crippen MR) is 105 cm³/mol. The van der Waals surface area contributed by atoms with Gasteiger partial charge in [0.1, 0.15) is 0 Å². The molecular weight excluding hydrogens is 364 g/mol. The number of amides is 1. The summed E-state index contributed by atoms with van der Waals surface area (Å²) in [6.45, 7) is 6.84. The van der Waals surface area contributed by atoms with Gasteiger partial charge < -0.3 is 15.1 Å². The minimum atomic E-state index is -0.0153. The third-order valence-corrected chi connectivity index (χ3v) is 5.76. The van der Waals surface area contributed by atoms with E-state index in [0.717, 1.165) is 55.4 Å². The molecule has 0 bridgehead atoms. The number of anilines is 1. The van der Waals surface area contributed by atoms with Gasteiger partial charge in [-0.1, -0.05) is 22.9 Å². The first kappa shape index (κ1) is 18.3. The van der Waals surface area contributed by atoms with Gasteiger partial charge in [-0.2, -0.15) is 0 Å². The number of halogens is 1. The van der Waals surface area contributed by atoms with E-state index in [9.17, 15) is 4.79 Å². The Bertz CT molecular complexity index is 808. The molecule has 2 aromatic rings. The molecule has 1 amide bonds. The number of benzene rings is 1. The van der Waals surface area contributed by atoms with E-state index in [4.69, 9.17) is 11.6 Å². The van der Waals surface area contributed by atoms with Crippen LogP contribution in [0.1, 0.15) is 35.1 Å². The second kappa shape index (κ2) is 7.86. The molecule has 2 aliphatic heterocycles. The number of rotatable bonds is 3. The fraction of sp³-hybridized carbons (Fsp3) is 0.526. The summed E-state index contributed by atoms with van der Waals surface area (Å²) in [5, 5.41) is 12.6. The summed E-state index contributed by atoms with van der Waals surface area (Å²) in [6, 6.07) is 8.18. The average Bonchev–Trinajstić information content (AvgIpc) is 3.09. The summed E-state index contributed by atoms with van der Waals surface area (Å²) in [5.74, 6) is -0.0153. The fourth-order valence-corrected chi connectivity index (χ4v) is 4.11. The van der Waals surface area contributed by atoms with Crippen LogP contribution < -0.4 is 10.2 Å². The highest BCUT2D eigenvalue weighted by atomic mass is 35.5. The summed E-state index contributed by atoms with van der Waals surface area (Å²) in [6.07, 6.45) is 2.05. The van der Waals surface area contributed by atoms with Gasteiger partial charge in [0.2, 0.25) is 0 Å². The van der Waals surface area contributed by atoms with Crippen LogP contribution in [-0.2, 0) is 0 Å². The Hall–Kier alpha value is -2.12. The van der Waals surface area contributed by atoms with E-state index < -0.39 is 0 Å². The minimum Gasteiger partial charge on any atom is -0.368 e. The molecule has 4 rings (SSSR count). The molecule has 0 spiro atoms. The van der Waals surface area contributed by atoms with E-state index >= 15 is 0 Å². The van der Waals surface area contributed by atoms with Gasteiger partial charge in [-0.05, 0) is 51.1 Å². The largest absolute Gasteiger partial charge is 0.368 e. The molecule has 27 heavy (non-hydrogen) atoms. The van der Waals surface area contributed by atoms with E-state index in [0.29, 0.717) is 24.8 Å². The second-order valence-electron chi connectivity index (χ2n) is 7.21. The predicted octanol–water partition coefficient (Wildman–Crippen LogP) is 2.13. The van der Waals surface area contributed by atoms with Crippen molar-refractivity contribution in [1.82, 2.24) is 25.2 Å².